The molecule has 4 nitrogen and oxygen atoms in total. The molecule has 0 saturated heterocycles. The molecule has 0 heterocycles. The quantitative estimate of drug-likeness (QED) is 0.853. The van der Waals surface area contributed by atoms with Gasteiger partial charge in [-0.15, -0.1) is 0 Å². The van der Waals surface area contributed by atoms with Gasteiger partial charge in [-0.2, -0.15) is 13.2 Å². The van der Waals surface area contributed by atoms with E-state index in [1.165, 1.54) is 24.3 Å². The molecule has 0 aliphatic carbocycles. The number of alkyl halides is 3. The number of nitrogens with zero attached hydrogens (tertiary/aromatic N) is 1. The number of aliphatic hydroxyl groups excluding tert-OH is 1. The van der Waals surface area contributed by atoms with Gasteiger partial charge in [0.25, 0.3) is 0 Å². The Kier molecular flexibility index (Phi) is 5.17. The van der Waals surface area contributed by atoms with E-state index >= 15 is 0 Å². The molecule has 1 rings (SSSR count). The predicted molar refractivity (Wildman–Crippen MR) is 61.5 cm³/mol. The van der Waals surface area contributed by atoms with Crippen LogP contribution in [-0.4, -0.2) is 46.9 Å². The van der Waals surface area contributed by atoms with Crippen LogP contribution in [0.1, 0.15) is 5.56 Å². The van der Waals surface area contributed by atoms with Crippen molar-refractivity contribution in [2.24, 2.45) is 0 Å². The molecule has 0 atom stereocenters. The number of halogens is 3. The van der Waals surface area contributed by atoms with Gasteiger partial charge in [-0.25, -0.2) is 0 Å². The van der Waals surface area contributed by atoms with E-state index in [0.29, 0.717) is 10.5 Å². The second kappa shape index (κ2) is 6.42. The number of hydrogen-bond acceptors (Lipinski definition) is 3. The molecule has 0 fully saturated rings. The fourth-order valence-corrected chi connectivity index (χ4v) is 1.53. The van der Waals surface area contributed by atoms with Crippen LogP contribution in [0.5, 0.6) is 5.75 Å². The lowest BCUT2D eigenvalue weighted by atomic mass is 10.1. The number of aromatic hydroxyl groups is 1. The maximum Gasteiger partial charge on any atom is 0.406 e. The van der Waals surface area contributed by atoms with Crippen LogP contribution in [0.4, 0.5) is 13.2 Å². The number of hydrogen-bond donors (Lipinski definition) is 2. The van der Waals surface area contributed by atoms with Crippen LogP contribution in [0, 0.1) is 0 Å². The minimum atomic E-state index is -4.50. The Bertz CT molecular complexity index is 417. The van der Waals surface area contributed by atoms with Crippen LogP contribution in [0.25, 0.3) is 0 Å². The molecule has 19 heavy (non-hydrogen) atoms. The third-order valence-electron chi connectivity index (χ3n) is 2.38. The molecular formula is C12H14F3NO3. The van der Waals surface area contributed by atoms with Gasteiger partial charge >= 0.3 is 6.18 Å². The highest BCUT2D eigenvalue weighted by Crippen LogP contribution is 2.17. The van der Waals surface area contributed by atoms with E-state index in [0.717, 1.165) is 0 Å². The number of rotatable bonds is 5. The van der Waals surface area contributed by atoms with E-state index < -0.39 is 25.2 Å². The second-order valence-corrected chi connectivity index (χ2v) is 4.00. The lowest BCUT2D eigenvalue weighted by Crippen LogP contribution is -2.41. The summed E-state index contributed by atoms with van der Waals surface area (Å²) in [5.74, 6) is -0.712. The summed E-state index contributed by atoms with van der Waals surface area (Å²) in [7, 11) is 0. The smallest absolute Gasteiger partial charge is 0.406 e. The summed E-state index contributed by atoms with van der Waals surface area (Å²) in [6.45, 7) is -2.28. The van der Waals surface area contributed by atoms with E-state index in [1.807, 2.05) is 0 Å². The van der Waals surface area contributed by atoms with Gasteiger partial charge in [0, 0.05) is 6.54 Å². The van der Waals surface area contributed by atoms with Gasteiger partial charge in [0.05, 0.1) is 13.0 Å². The van der Waals surface area contributed by atoms with Crippen molar-refractivity contribution in [3.63, 3.8) is 0 Å². The standard InChI is InChI=1S/C12H14F3NO3/c13-12(14,15)8-16(5-6-17)11(19)7-9-1-3-10(18)4-2-9/h1-4,17-18H,5-8H2. The summed E-state index contributed by atoms with van der Waals surface area (Å²) in [5.41, 5.74) is 0.493. The molecule has 0 unspecified atom stereocenters. The number of carbonyl (C=O) groups is 1. The normalized spacial score (nSPS) is 11.4. The molecule has 0 spiro atoms. The van der Waals surface area contributed by atoms with E-state index in [4.69, 9.17) is 10.2 Å². The third-order valence-corrected chi connectivity index (χ3v) is 2.38. The zero-order valence-corrected chi connectivity index (χ0v) is 10.0. The van der Waals surface area contributed by atoms with Gasteiger partial charge in [0.15, 0.2) is 0 Å². The van der Waals surface area contributed by atoms with Crippen molar-refractivity contribution in [3.05, 3.63) is 29.8 Å². The van der Waals surface area contributed by atoms with Crippen molar-refractivity contribution in [1.82, 2.24) is 4.90 Å². The lowest BCUT2D eigenvalue weighted by molar-refractivity contribution is -0.161. The highest BCUT2D eigenvalue weighted by atomic mass is 19.4. The molecule has 1 amide bonds. The molecule has 1 aromatic carbocycles. The van der Waals surface area contributed by atoms with Gasteiger partial charge in [-0.1, -0.05) is 12.1 Å². The topological polar surface area (TPSA) is 60.8 Å². The molecule has 0 saturated carbocycles. The van der Waals surface area contributed by atoms with E-state index in [-0.39, 0.29) is 18.7 Å². The van der Waals surface area contributed by atoms with Crippen LogP contribution < -0.4 is 0 Å². The highest BCUT2D eigenvalue weighted by molar-refractivity contribution is 5.78. The SMILES string of the molecule is O=C(Cc1ccc(O)cc1)N(CCO)CC(F)(F)F. The second-order valence-electron chi connectivity index (χ2n) is 4.00. The molecule has 1 aromatic rings. The molecule has 0 bridgehead atoms. The van der Waals surface area contributed by atoms with Crippen LogP contribution in [-0.2, 0) is 11.2 Å². The average Bonchev–Trinajstić information content (AvgIpc) is 2.30. The minimum Gasteiger partial charge on any atom is -0.508 e. The molecule has 0 aromatic heterocycles. The number of phenolic OH excluding ortho intramolecular Hbond substituents is 1. The van der Waals surface area contributed by atoms with Crippen LogP contribution in [0.3, 0.4) is 0 Å². The summed E-state index contributed by atoms with van der Waals surface area (Å²) in [6, 6.07) is 5.61. The number of amides is 1. The Morgan fingerprint density at radius 3 is 2.26 bits per heavy atom. The summed E-state index contributed by atoms with van der Waals surface area (Å²) in [6.07, 6.45) is -4.71. The van der Waals surface area contributed by atoms with Crippen molar-refractivity contribution in [2.75, 3.05) is 19.7 Å². The zero-order chi connectivity index (χ0) is 14.5. The largest absolute Gasteiger partial charge is 0.508 e. The third kappa shape index (κ3) is 5.60. The molecule has 7 heteroatoms. The number of phenols is 1. The van der Waals surface area contributed by atoms with Crippen molar-refractivity contribution in [1.29, 1.82) is 0 Å². The van der Waals surface area contributed by atoms with Gasteiger partial charge in [0.1, 0.15) is 12.3 Å². The minimum absolute atomic E-state index is 0.0127. The van der Waals surface area contributed by atoms with E-state index in [1.54, 1.807) is 0 Å². The molecule has 106 valence electrons. The van der Waals surface area contributed by atoms with E-state index in [2.05, 4.69) is 0 Å². The van der Waals surface area contributed by atoms with Crippen molar-refractivity contribution < 1.29 is 28.2 Å². The summed E-state index contributed by atoms with van der Waals surface area (Å²) >= 11 is 0. The van der Waals surface area contributed by atoms with Crippen molar-refractivity contribution in [2.45, 2.75) is 12.6 Å². The Balaban J connectivity index is 2.68. The number of aliphatic hydroxyl groups is 1. The first-order valence-corrected chi connectivity index (χ1v) is 5.55. The van der Waals surface area contributed by atoms with Crippen LogP contribution >= 0.6 is 0 Å². The monoisotopic (exact) mass is 277 g/mol. The molecular weight excluding hydrogens is 263 g/mol. The van der Waals surface area contributed by atoms with Crippen molar-refractivity contribution in [3.8, 4) is 5.75 Å². The first kappa shape index (κ1) is 15.3. The number of benzene rings is 1. The van der Waals surface area contributed by atoms with Gasteiger partial charge in [-0.05, 0) is 17.7 Å². The van der Waals surface area contributed by atoms with Crippen LogP contribution in [0.2, 0.25) is 0 Å². The summed E-state index contributed by atoms with van der Waals surface area (Å²) in [4.78, 5) is 12.3. The molecule has 2 N–H and O–H groups in total. The Labute approximate surface area is 108 Å². The predicted octanol–water partition coefficient (Wildman–Crippen LogP) is 1.32. The Hall–Kier alpha value is -1.76. The summed E-state index contributed by atoms with van der Waals surface area (Å²) < 4.78 is 36.8. The maximum absolute atomic E-state index is 12.3. The highest BCUT2D eigenvalue weighted by Gasteiger charge is 2.32. The molecule has 0 aliphatic heterocycles. The van der Waals surface area contributed by atoms with E-state index in [9.17, 15) is 18.0 Å². The molecule has 0 aliphatic rings. The molecule has 0 radical (unpaired) electrons. The Morgan fingerprint density at radius 1 is 1.21 bits per heavy atom. The van der Waals surface area contributed by atoms with Crippen LogP contribution in [0.15, 0.2) is 24.3 Å². The van der Waals surface area contributed by atoms with Crippen molar-refractivity contribution >= 4 is 5.91 Å². The first-order valence-electron chi connectivity index (χ1n) is 5.55. The summed E-state index contributed by atoms with van der Waals surface area (Å²) in [5, 5.41) is 17.8. The first-order chi connectivity index (χ1) is 8.81. The fraction of sp³-hybridized carbons (Fsp3) is 0.417. The maximum atomic E-state index is 12.3. The Morgan fingerprint density at radius 2 is 1.79 bits per heavy atom. The average molecular weight is 277 g/mol. The van der Waals surface area contributed by atoms with Gasteiger partial charge in [0.2, 0.25) is 5.91 Å². The van der Waals surface area contributed by atoms with Gasteiger partial charge < -0.3 is 15.1 Å². The van der Waals surface area contributed by atoms with Gasteiger partial charge in [-0.3, -0.25) is 4.79 Å². The fourth-order valence-electron chi connectivity index (χ4n) is 1.53. The lowest BCUT2D eigenvalue weighted by Gasteiger charge is -2.23. The zero-order valence-electron chi connectivity index (χ0n) is 10.0. The number of carbonyl (C=O) groups excluding carboxylic acids is 1.